The standard InChI is InChI=1S/C24H33N5O5S/c1-3-10-25-23(31)26-19-6-4-18(5-7-19)22-27-20(24(8-9-24)35(32,33)14-12-30)15-21(28-22)29-11-13-34-16-17(29)2/h4-7,15,17,30H,3,8-14,16H2,1-2H3,(H2,25,26,31)/t17-/m0/s1. The Morgan fingerprint density at radius 1 is 1.26 bits per heavy atom. The Labute approximate surface area is 206 Å². The number of carbonyl (C=O) groups is 1. The Morgan fingerprint density at radius 3 is 2.63 bits per heavy atom. The van der Waals surface area contributed by atoms with Crippen molar-refractivity contribution in [2.45, 2.75) is 43.9 Å². The molecule has 1 aromatic heterocycles. The van der Waals surface area contributed by atoms with E-state index in [-0.39, 0.29) is 17.8 Å². The van der Waals surface area contributed by atoms with Crippen molar-refractivity contribution >= 4 is 27.4 Å². The van der Waals surface area contributed by atoms with Gasteiger partial charge in [0.25, 0.3) is 0 Å². The van der Waals surface area contributed by atoms with Crippen molar-refractivity contribution in [2.75, 3.05) is 48.9 Å². The minimum atomic E-state index is -3.58. The highest BCUT2D eigenvalue weighted by molar-refractivity contribution is 7.92. The molecule has 35 heavy (non-hydrogen) atoms. The zero-order valence-corrected chi connectivity index (χ0v) is 21.0. The van der Waals surface area contributed by atoms with Crippen molar-refractivity contribution < 1.29 is 23.1 Å². The molecule has 3 N–H and O–H groups in total. The Balaban J connectivity index is 1.69. The van der Waals surface area contributed by atoms with Crippen LogP contribution >= 0.6 is 0 Å². The predicted octanol–water partition coefficient (Wildman–Crippen LogP) is 2.30. The van der Waals surface area contributed by atoms with Crippen molar-refractivity contribution in [3.05, 3.63) is 36.0 Å². The van der Waals surface area contributed by atoms with Gasteiger partial charge in [-0.05, 0) is 50.5 Å². The predicted molar refractivity (Wildman–Crippen MR) is 134 cm³/mol. The Hall–Kier alpha value is -2.76. The summed E-state index contributed by atoms with van der Waals surface area (Å²) in [4.78, 5) is 23.6. The number of aliphatic hydroxyl groups excluding tert-OH is 1. The molecule has 190 valence electrons. The van der Waals surface area contributed by atoms with E-state index in [0.29, 0.717) is 67.7 Å². The third kappa shape index (κ3) is 5.41. The van der Waals surface area contributed by atoms with E-state index < -0.39 is 21.2 Å². The Kier molecular flexibility index (Phi) is 7.58. The van der Waals surface area contributed by atoms with Crippen LogP contribution in [0.4, 0.5) is 16.3 Å². The first-order chi connectivity index (χ1) is 16.8. The highest BCUT2D eigenvalue weighted by Crippen LogP contribution is 2.53. The van der Waals surface area contributed by atoms with Gasteiger partial charge in [0.2, 0.25) is 0 Å². The van der Waals surface area contributed by atoms with Crippen molar-refractivity contribution in [1.29, 1.82) is 0 Å². The van der Waals surface area contributed by atoms with Crippen LogP contribution in [0, 0.1) is 0 Å². The minimum absolute atomic E-state index is 0.0803. The maximum absolute atomic E-state index is 13.0. The molecule has 0 spiro atoms. The minimum Gasteiger partial charge on any atom is -0.395 e. The lowest BCUT2D eigenvalue weighted by Gasteiger charge is -2.34. The van der Waals surface area contributed by atoms with Crippen LogP contribution in [0.2, 0.25) is 0 Å². The van der Waals surface area contributed by atoms with Gasteiger partial charge in [-0.1, -0.05) is 6.92 Å². The van der Waals surface area contributed by atoms with Gasteiger partial charge < -0.3 is 25.4 Å². The number of benzene rings is 1. The summed E-state index contributed by atoms with van der Waals surface area (Å²) < 4.78 is 30.6. The summed E-state index contributed by atoms with van der Waals surface area (Å²) in [6.45, 7) is 5.96. The van der Waals surface area contributed by atoms with Crippen LogP contribution in [-0.2, 0) is 19.3 Å². The zero-order chi connectivity index (χ0) is 25.1. The summed E-state index contributed by atoms with van der Waals surface area (Å²) in [7, 11) is -3.58. The molecule has 0 radical (unpaired) electrons. The molecule has 1 aliphatic carbocycles. The summed E-state index contributed by atoms with van der Waals surface area (Å²) in [5.41, 5.74) is 1.80. The van der Waals surface area contributed by atoms with E-state index >= 15 is 0 Å². The molecule has 2 fully saturated rings. The summed E-state index contributed by atoms with van der Waals surface area (Å²) in [5.74, 6) is 0.784. The normalized spacial score (nSPS) is 19.3. The molecular weight excluding hydrogens is 470 g/mol. The number of amides is 2. The molecule has 1 atom stereocenters. The molecule has 11 heteroatoms. The van der Waals surface area contributed by atoms with Crippen LogP contribution in [-0.4, -0.2) is 74.2 Å². The second-order valence-corrected chi connectivity index (χ2v) is 11.5. The van der Waals surface area contributed by atoms with E-state index in [4.69, 9.17) is 14.7 Å². The number of nitrogens with zero attached hydrogens (tertiary/aromatic N) is 3. The smallest absolute Gasteiger partial charge is 0.319 e. The van der Waals surface area contributed by atoms with Crippen LogP contribution in [0.5, 0.6) is 0 Å². The average molecular weight is 504 g/mol. The largest absolute Gasteiger partial charge is 0.395 e. The number of rotatable bonds is 9. The molecule has 2 aromatic rings. The monoisotopic (exact) mass is 503 g/mol. The van der Waals surface area contributed by atoms with Gasteiger partial charge in [-0.2, -0.15) is 0 Å². The van der Waals surface area contributed by atoms with Gasteiger partial charge in [0.1, 0.15) is 10.6 Å². The highest BCUT2D eigenvalue weighted by atomic mass is 32.2. The van der Waals surface area contributed by atoms with Gasteiger partial charge in [0.05, 0.1) is 37.3 Å². The number of carbonyl (C=O) groups excluding carboxylic acids is 1. The Morgan fingerprint density at radius 2 is 2.00 bits per heavy atom. The molecule has 2 amide bonds. The third-order valence-corrected chi connectivity index (χ3v) is 8.97. The Bertz CT molecular complexity index is 1150. The van der Waals surface area contributed by atoms with Crippen LogP contribution < -0.4 is 15.5 Å². The molecule has 0 unspecified atom stereocenters. The van der Waals surface area contributed by atoms with E-state index in [2.05, 4.69) is 15.5 Å². The van der Waals surface area contributed by atoms with Crippen LogP contribution in [0.3, 0.4) is 0 Å². The number of aromatic nitrogens is 2. The fourth-order valence-corrected chi connectivity index (χ4v) is 6.06. The molecule has 0 bridgehead atoms. The number of nitrogens with one attached hydrogen (secondary N) is 2. The SMILES string of the molecule is CCCNC(=O)Nc1ccc(-c2nc(N3CCOC[C@@H]3C)cc(C3(S(=O)(=O)CCO)CC3)n2)cc1. The molecule has 10 nitrogen and oxygen atoms in total. The summed E-state index contributed by atoms with van der Waals surface area (Å²) in [5, 5.41) is 14.9. The van der Waals surface area contributed by atoms with Crippen LogP contribution in [0.25, 0.3) is 11.4 Å². The van der Waals surface area contributed by atoms with Crippen molar-refractivity contribution in [1.82, 2.24) is 15.3 Å². The van der Waals surface area contributed by atoms with E-state index in [9.17, 15) is 18.3 Å². The van der Waals surface area contributed by atoms with Gasteiger partial charge in [-0.15, -0.1) is 0 Å². The fraction of sp³-hybridized carbons (Fsp3) is 0.542. The number of ether oxygens (including phenoxy) is 1. The van der Waals surface area contributed by atoms with Crippen molar-refractivity contribution in [3.63, 3.8) is 0 Å². The number of hydrogen-bond acceptors (Lipinski definition) is 8. The quantitative estimate of drug-likeness (QED) is 0.475. The first-order valence-corrected chi connectivity index (χ1v) is 13.7. The lowest BCUT2D eigenvalue weighted by atomic mass is 10.1. The van der Waals surface area contributed by atoms with E-state index in [0.717, 1.165) is 6.42 Å². The topological polar surface area (TPSA) is 134 Å². The number of morpholine rings is 1. The number of anilines is 2. The lowest BCUT2D eigenvalue weighted by Crippen LogP contribution is -2.44. The first-order valence-electron chi connectivity index (χ1n) is 12.0. The number of hydrogen-bond donors (Lipinski definition) is 3. The van der Waals surface area contributed by atoms with Gasteiger partial charge in [0.15, 0.2) is 15.7 Å². The fourth-order valence-electron chi connectivity index (χ4n) is 4.28. The summed E-state index contributed by atoms with van der Waals surface area (Å²) >= 11 is 0. The summed E-state index contributed by atoms with van der Waals surface area (Å²) in [6, 6.07) is 8.74. The van der Waals surface area contributed by atoms with Crippen LogP contribution in [0.1, 0.15) is 38.8 Å². The lowest BCUT2D eigenvalue weighted by molar-refractivity contribution is 0.0985. The third-order valence-electron chi connectivity index (χ3n) is 6.44. The first kappa shape index (κ1) is 25.3. The maximum Gasteiger partial charge on any atom is 0.319 e. The van der Waals surface area contributed by atoms with Crippen LogP contribution in [0.15, 0.2) is 30.3 Å². The zero-order valence-electron chi connectivity index (χ0n) is 20.2. The van der Waals surface area contributed by atoms with E-state index in [1.54, 1.807) is 18.2 Å². The van der Waals surface area contributed by atoms with Gasteiger partial charge in [-0.25, -0.2) is 23.2 Å². The molecule has 4 rings (SSSR count). The second kappa shape index (κ2) is 10.5. The average Bonchev–Trinajstić information content (AvgIpc) is 3.66. The summed E-state index contributed by atoms with van der Waals surface area (Å²) in [6.07, 6.45) is 1.79. The van der Waals surface area contributed by atoms with Gasteiger partial charge >= 0.3 is 6.03 Å². The van der Waals surface area contributed by atoms with E-state index in [1.165, 1.54) is 0 Å². The second-order valence-electron chi connectivity index (χ2n) is 9.05. The molecule has 1 saturated carbocycles. The van der Waals surface area contributed by atoms with E-state index in [1.807, 2.05) is 26.0 Å². The van der Waals surface area contributed by atoms with Crippen molar-refractivity contribution in [2.24, 2.45) is 0 Å². The van der Waals surface area contributed by atoms with Gasteiger partial charge in [0, 0.05) is 30.4 Å². The molecule has 1 saturated heterocycles. The van der Waals surface area contributed by atoms with Crippen molar-refractivity contribution in [3.8, 4) is 11.4 Å². The number of urea groups is 1. The molecule has 2 aliphatic rings. The maximum atomic E-state index is 13.0. The molecule has 1 aromatic carbocycles. The molecule has 1 aliphatic heterocycles. The number of sulfone groups is 1. The number of aliphatic hydroxyl groups is 1. The highest BCUT2D eigenvalue weighted by Gasteiger charge is 2.57. The molecular formula is C24H33N5O5S. The van der Waals surface area contributed by atoms with Gasteiger partial charge in [-0.3, -0.25) is 0 Å². The molecule has 2 heterocycles.